The van der Waals surface area contributed by atoms with Gasteiger partial charge in [-0.25, -0.2) is 4.98 Å². The van der Waals surface area contributed by atoms with Crippen molar-refractivity contribution in [3.8, 4) is 0 Å². The molecule has 0 spiro atoms. The molecule has 4 rings (SSSR count). The number of piperidine rings is 2. The third kappa shape index (κ3) is 4.23. The number of fused-ring (bicyclic) bond motifs is 1. The second-order valence-electron chi connectivity index (χ2n) is 8.77. The summed E-state index contributed by atoms with van der Waals surface area (Å²) in [6.07, 6.45) is 4.59. The van der Waals surface area contributed by atoms with Crippen LogP contribution in [0.4, 0.5) is 0 Å². The van der Waals surface area contributed by atoms with Crippen LogP contribution in [0, 0.1) is 12.8 Å². The number of amides is 1. The highest BCUT2D eigenvalue weighted by Crippen LogP contribution is 2.25. The van der Waals surface area contributed by atoms with E-state index >= 15 is 0 Å². The van der Waals surface area contributed by atoms with Crippen molar-refractivity contribution in [1.82, 2.24) is 24.7 Å². The molecule has 2 aliphatic rings. The summed E-state index contributed by atoms with van der Waals surface area (Å²) in [6.45, 7) is 7.02. The normalized spacial score (nSPS) is 22.6. The van der Waals surface area contributed by atoms with Crippen molar-refractivity contribution >= 4 is 16.9 Å². The summed E-state index contributed by atoms with van der Waals surface area (Å²) < 4.78 is 0. The molecule has 1 N–H and O–H groups in total. The topological polar surface area (TPSA) is 55.5 Å². The van der Waals surface area contributed by atoms with Crippen LogP contribution in [0.2, 0.25) is 0 Å². The Labute approximate surface area is 167 Å². The van der Waals surface area contributed by atoms with Crippen LogP contribution in [0.15, 0.2) is 18.2 Å². The van der Waals surface area contributed by atoms with E-state index in [-0.39, 0.29) is 11.8 Å². The van der Waals surface area contributed by atoms with E-state index in [1.807, 2.05) is 18.0 Å². The van der Waals surface area contributed by atoms with E-state index in [9.17, 15) is 4.79 Å². The molecule has 1 aromatic heterocycles. The van der Waals surface area contributed by atoms with Crippen molar-refractivity contribution in [3.05, 3.63) is 29.6 Å². The SMILES string of the molecule is Cc1ccc2nc(CN(C)C(=O)[C@@H]3CCCN(C4CCN(C)CC4)C3)[nH]c2c1. The van der Waals surface area contributed by atoms with Crippen molar-refractivity contribution in [2.45, 2.75) is 45.2 Å². The molecule has 0 unspecified atom stereocenters. The van der Waals surface area contributed by atoms with Crippen molar-refractivity contribution in [3.63, 3.8) is 0 Å². The summed E-state index contributed by atoms with van der Waals surface area (Å²) in [4.78, 5) is 28.0. The Bertz CT molecular complexity index is 823. The van der Waals surface area contributed by atoms with Crippen molar-refractivity contribution < 1.29 is 4.79 Å². The van der Waals surface area contributed by atoms with Gasteiger partial charge in [0, 0.05) is 19.6 Å². The second kappa shape index (κ2) is 8.21. The maximum Gasteiger partial charge on any atom is 0.227 e. The summed E-state index contributed by atoms with van der Waals surface area (Å²) in [7, 11) is 4.11. The largest absolute Gasteiger partial charge is 0.340 e. The van der Waals surface area contributed by atoms with Crippen LogP contribution < -0.4 is 0 Å². The molecule has 6 nitrogen and oxygen atoms in total. The maximum absolute atomic E-state index is 13.1. The van der Waals surface area contributed by atoms with Crippen LogP contribution in [0.1, 0.15) is 37.1 Å². The number of imidazole rings is 1. The van der Waals surface area contributed by atoms with Crippen LogP contribution >= 0.6 is 0 Å². The van der Waals surface area contributed by atoms with E-state index < -0.39 is 0 Å². The number of hydrogen-bond acceptors (Lipinski definition) is 4. The predicted molar refractivity (Wildman–Crippen MR) is 112 cm³/mol. The molecule has 152 valence electrons. The Balaban J connectivity index is 1.37. The van der Waals surface area contributed by atoms with Gasteiger partial charge in [-0.3, -0.25) is 9.69 Å². The number of carbonyl (C=O) groups is 1. The van der Waals surface area contributed by atoms with E-state index in [2.05, 4.69) is 45.9 Å². The molecule has 0 saturated carbocycles. The molecule has 0 radical (unpaired) electrons. The first-order valence-corrected chi connectivity index (χ1v) is 10.6. The molecule has 6 heteroatoms. The lowest BCUT2D eigenvalue weighted by Gasteiger charge is -2.41. The van der Waals surface area contributed by atoms with Gasteiger partial charge >= 0.3 is 0 Å². The van der Waals surface area contributed by atoms with Gasteiger partial charge in [-0.1, -0.05) is 6.07 Å². The molecule has 1 amide bonds. The molecule has 0 aliphatic carbocycles. The smallest absolute Gasteiger partial charge is 0.227 e. The number of likely N-dealkylation sites (tertiary alicyclic amines) is 2. The molecular weight excluding hydrogens is 350 g/mol. The van der Waals surface area contributed by atoms with E-state index in [1.165, 1.54) is 31.5 Å². The predicted octanol–water partition coefficient (Wildman–Crippen LogP) is 2.64. The molecule has 2 fully saturated rings. The molecular formula is C22H33N5O. The number of hydrogen-bond donors (Lipinski definition) is 1. The lowest BCUT2D eigenvalue weighted by atomic mass is 9.93. The molecule has 2 aromatic rings. The van der Waals surface area contributed by atoms with Crippen LogP contribution in [0.3, 0.4) is 0 Å². The van der Waals surface area contributed by atoms with Crippen LogP contribution in [-0.4, -0.2) is 76.9 Å². The first-order chi connectivity index (χ1) is 13.5. The Morgan fingerprint density at radius 2 is 2.04 bits per heavy atom. The average Bonchev–Trinajstić information content (AvgIpc) is 3.09. The second-order valence-corrected chi connectivity index (χ2v) is 8.77. The Hall–Kier alpha value is -1.92. The quantitative estimate of drug-likeness (QED) is 0.882. The van der Waals surface area contributed by atoms with Gasteiger partial charge in [-0.15, -0.1) is 0 Å². The molecule has 28 heavy (non-hydrogen) atoms. The fraction of sp³-hybridized carbons (Fsp3) is 0.636. The minimum absolute atomic E-state index is 0.116. The van der Waals surface area contributed by atoms with Gasteiger partial charge in [0.1, 0.15) is 5.82 Å². The fourth-order valence-electron chi connectivity index (χ4n) is 4.77. The van der Waals surface area contributed by atoms with E-state index in [0.29, 0.717) is 12.6 Å². The first-order valence-electron chi connectivity index (χ1n) is 10.6. The number of carbonyl (C=O) groups excluding carboxylic acids is 1. The third-order valence-corrected chi connectivity index (χ3v) is 6.46. The number of aromatic nitrogens is 2. The van der Waals surface area contributed by atoms with Gasteiger partial charge in [0.25, 0.3) is 0 Å². The summed E-state index contributed by atoms with van der Waals surface area (Å²) in [6, 6.07) is 6.86. The highest BCUT2D eigenvalue weighted by Gasteiger charge is 2.32. The van der Waals surface area contributed by atoms with Gasteiger partial charge in [-0.05, 0) is 77.0 Å². The number of H-pyrrole nitrogens is 1. The minimum atomic E-state index is 0.116. The van der Waals surface area contributed by atoms with Gasteiger partial charge < -0.3 is 14.8 Å². The molecule has 2 saturated heterocycles. The van der Waals surface area contributed by atoms with Gasteiger partial charge in [0.15, 0.2) is 0 Å². The fourth-order valence-corrected chi connectivity index (χ4v) is 4.77. The first kappa shape index (κ1) is 19.4. The number of aryl methyl sites for hydroxylation is 1. The van der Waals surface area contributed by atoms with Crippen molar-refractivity contribution in [2.24, 2.45) is 5.92 Å². The highest BCUT2D eigenvalue weighted by atomic mass is 16.2. The van der Waals surface area contributed by atoms with Crippen LogP contribution in [0.5, 0.6) is 0 Å². The standard InChI is InChI=1S/C22H33N5O/c1-16-6-7-19-20(13-16)24-21(23-19)15-26(3)22(28)17-5-4-10-27(14-17)18-8-11-25(2)12-9-18/h6-7,13,17-18H,4-5,8-12,14-15H2,1-3H3,(H,23,24)/t17-/m1/s1. The summed E-state index contributed by atoms with van der Waals surface area (Å²) >= 11 is 0. The van der Waals surface area contributed by atoms with E-state index in [0.717, 1.165) is 42.8 Å². The molecule has 3 heterocycles. The third-order valence-electron chi connectivity index (χ3n) is 6.46. The number of aromatic amines is 1. The zero-order chi connectivity index (χ0) is 19.7. The molecule has 1 aromatic carbocycles. The zero-order valence-corrected chi connectivity index (χ0v) is 17.4. The lowest BCUT2D eigenvalue weighted by Crippen LogP contribution is -2.50. The Morgan fingerprint density at radius 1 is 1.25 bits per heavy atom. The van der Waals surface area contributed by atoms with E-state index in [4.69, 9.17) is 0 Å². The van der Waals surface area contributed by atoms with Crippen LogP contribution in [0.25, 0.3) is 11.0 Å². The Kier molecular flexibility index (Phi) is 5.69. The lowest BCUT2D eigenvalue weighted by molar-refractivity contribution is -0.137. The number of nitrogens with one attached hydrogen (secondary N) is 1. The molecule has 0 bridgehead atoms. The minimum Gasteiger partial charge on any atom is -0.340 e. The van der Waals surface area contributed by atoms with Crippen molar-refractivity contribution in [2.75, 3.05) is 40.3 Å². The average molecular weight is 384 g/mol. The monoisotopic (exact) mass is 383 g/mol. The van der Waals surface area contributed by atoms with Crippen molar-refractivity contribution in [1.29, 1.82) is 0 Å². The summed E-state index contributed by atoms with van der Waals surface area (Å²) in [5.41, 5.74) is 3.22. The maximum atomic E-state index is 13.1. The van der Waals surface area contributed by atoms with Gasteiger partial charge in [-0.2, -0.15) is 0 Å². The van der Waals surface area contributed by atoms with E-state index in [1.54, 1.807) is 0 Å². The van der Waals surface area contributed by atoms with Crippen LogP contribution in [-0.2, 0) is 11.3 Å². The zero-order valence-electron chi connectivity index (χ0n) is 17.4. The summed E-state index contributed by atoms with van der Waals surface area (Å²) in [5.74, 6) is 1.23. The van der Waals surface area contributed by atoms with Gasteiger partial charge in [0.05, 0.1) is 23.5 Å². The number of rotatable bonds is 4. The highest BCUT2D eigenvalue weighted by molar-refractivity contribution is 5.79. The molecule has 1 atom stereocenters. The Morgan fingerprint density at radius 3 is 2.82 bits per heavy atom. The number of nitrogens with zero attached hydrogens (tertiary/aromatic N) is 4. The summed E-state index contributed by atoms with van der Waals surface area (Å²) in [5, 5.41) is 0. The number of benzene rings is 1. The van der Waals surface area contributed by atoms with Gasteiger partial charge in [0.2, 0.25) is 5.91 Å². The molecule has 2 aliphatic heterocycles.